The fraction of sp³-hybridized carbons (Fsp3) is 0.750. The zero-order valence-corrected chi connectivity index (χ0v) is 10.5. The van der Waals surface area contributed by atoms with Crippen molar-refractivity contribution in [3.8, 4) is 0 Å². The van der Waals surface area contributed by atoms with Gasteiger partial charge in [0, 0.05) is 58.2 Å². The van der Waals surface area contributed by atoms with Crippen molar-refractivity contribution in [1.29, 1.82) is 0 Å². The van der Waals surface area contributed by atoms with Crippen molar-refractivity contribution in [3.63, 3.8) is 0 Å². The van der Waals surface area contributed by atoms with Crippen molar-refractivity contribution >= 4 is 5.91 Å². The highest BCUT2D eigenvalue weighted by Crippen LogP contribution is 2.17. The maximum atomic E-state index is 11.7. The Balaban J connectivity index is 2.33. The fourth-order valence-corrected chi connectivity index (χ4v) is 2.14. The molecule has 98 valence electrons. The first kappa shape index (κ1) is 14.2. The lowest BCUT2D eigenvalue weighted by molar-refractivity contribution is -0.127. The van der Waals surface area contributed by atoms with E-state index in [9.17, 15) is 4.79 Å². The molecule has 1 aliphatic heterocycles. The second kappa shape index (κ2) is 7.42. The summed E-state index contributed by atoms with van der Waals surface area (Å²) in [4.78, 5) is 15.8. The minimum Gasteiger partial charge on any atom is -0.341 e. The van der Waals surface area contributed by atoms with Gasteiger partial charge in [0.2, 0.25) is 5.91 Å². The highest BCUT2D eigenvalue weighted by molar-refractivity contribution is 5.78. The third kappa shape index (κ3) is 4.46. The number of nitrogens with two attached hydrogens (primary N) is 2. The van der Waals surface area contributed by atoms with Crippen LogP contribution in [0.15, 0.2) is 12.7 Å². The van der Waals surface area contributed by atoms with Gasteiger partial charge in [-0.05, 0) is 0 Å². The summed E-state index contributed by atoms with van der Waals surface area (Å²) in [5.74, 6) is 0.551. The number of amides is 1. The molecule has 1 heterocycles. The molecule has 0 bridgehead atoms. The van der Waals surface area contributed by atoms with Crippen molar-refractivity contribution in [2.75, 3.05) is 45.8 Å². The van der Waals surface area contributed by atoms with Crippen LogP contribution in [0.5, 0.6) is 0 Å². The zero-order valence-electron chi connectivity index (χ0n) is 10.5. The lowest BCUT2D eigenvalue weighted by Crippen LogP contribution is -2.40. The van der Waals surface area contributed by atoms with Crippen LogP contribution in [0, 0.1) is 5.92 Å². The number of hydrogen-bond acceptors (Lipinski definition) is 4. The highest BCUT2D eigenvalue weighted by atomic mass is 16.2. The molecule has 4 N–H and O–H groups in total. The second-order valence-electron chi connectivity index (χ2n) is 4.46. The van der Waals surface area contributed by atoms with Crippen molar-refractivity contribution in [2.45, 2.75) is 6.42 Å². The van der Waals surface area contributed by atoms with Crippen LogP contribution in [0.4, 0.5) is 0 Å². The van der Waals surface area contributed by atoms with E-state index in [0.717, 1.165) is 32.7 Å². The summed E-state index contributed by atoms with van der Waals surface area (Å²) in [6, 6.07) is 0. The number of carbonyl (C=O) groups is 1. The maximum absolute atomic E-state index is 11.7. The minimum absolute atomic E-state index is 0.232. The first-order valence-electron chi connectivity index (χ1n) is 6.24. The molecule has 1 saturated heterocycles. The summed E-state index contributed by atoms with van der Waals surface area (Å²) >= 11 is 0. The molecule has 1 unspecified atom stereocenters. The van der Waals surface area contributed by atoms with Gasteiger partial charge in [0.1, 0.15) is 0 Å². The largest absolute Gasteiger partial charge is 0.341 e. The molecule has 0 radical (unpaired) electrons. The Kier molecular flexibility index (Phi) is 6.18. The van der Waals surface area contributed by atoms with E-state index in [2.05, 4.69) is 11.5 Å². The molecular weight excluding hydrogens is 216 g/mol. The van der Waals surface area contributed by atoms with Gasteiger partial charge >= 0.3 is 0 Å². The molecule has 5 nitrogen and oxygen atoms in total. The summed E-state index contributed by atoms with van der Waals surface area (Å²) in [6.07, 6.45) is 2.48. The van der Waals surface area contributed by atoms with Gasteiger partial charge in [-0.3, -0.25) is 9.69 Å². The number of rotatable bonds is 8. The van der Waals surface area contributed by atoms with Crippen LogP contribution >= 0.6 is 0 Å². The van der Waals surface area contributed by atoms with E-state index in [-0.39, 0.29) is 5.91 Å². The molecule has 1 rings (SSSR count). The van der Waals surface area contributed by atoms with Gasteiger partial charge in [0.05, 0.1) is 0 Å². The Morgan fingerprint density at radius 3 is 2.47 bits per heavy atom. The molecule has 0 aromatic heterocycles. The van der Waals surface area contributed by atoms with E-state index < -0.39 is 0 Å². The topological polar surface area (TPSA) is 75.6 Å². The van der Waals surface area contributed by atoms with Crippen molar-refractivity contribution < 1.29 is 4.79 Å². The Morgan fingerprint density at radius 1 is 1.35 bits per heavy atom. The van der Waals surface area contributed by atoms with Gasteiger partial charge in [0.25, 0.3) is 0 Å². The van der Waals surface area contributed by atoms with Gasteiger partial charge < -0.3 is 16.4 Å². The summed E-state index contributed by atoms with van der Waals surface area (Å²) in [5.41, 5.74) is 11.1. The van der Waals surface area contributed by atoms with Crippen LogP contribution in [-0.4, -0.2) is 61.5 Å². The Labute approximate surface area is 103 Å². The molecule has 0 aromatic carbocycles. The van der Waals surface area contributed by atoms with Crippen molar-refractivity contribution in [2.24, 2.45) is 17.4 Å². The van der Waals surface area contributed by atoms with E-state index in [4.69, 9.17) is 11.5 Å². The van der Waals surface area contributed by atoms with Crippen molar-refractivity contribution in [3.05, 3.63) is 12.7 Å². The quantitative estimate of drug-likeness (QED) is 0.547. The van der Waals surface area contributed by atoms with Crippen molar-refractivity contribution in [1.82, 2.24) is 9.80 Å². The van der Waals surface area contributed by atoms with Gasteiger partial charge in [-0.25, -0.2) is 0 Å². The minimum atomic E-state index is 0.232. The Hall–Kier alpha value is -0.910. The molecule has 1 fully saturated rings. The lowest BCUT2D eigenvalue weighted by atomic mass is 10.1. The van der Waals surface area contributed by atoms with Gasteiger partial charge in [-0.15, -0.1) is 6.58 Å². The highest BCUT2D eigenvalue weighted by Gasteiger charge is 2.27. The SMILES string of the molecule is C=CC1CC(=O)N(CCN(CCN)CCN)C1. The molecule has 5 heteroatoms. The summed E-state index contributed by atoms with van der Waals surface area (Å²) < 4.78 is 0. The van der Waals surface area contributed by atoms with E-state index in [1.165, 1.54) is 0 Å². The summed E-state index contributed by atoms with van der Waals surface area (Å²) in [7, 11) is 0. The number of carbonyl (C=O) groups excluding carboxylic acids is 1. The first-order chi connectivity index (χ1) is 8.21. The van der Waals surface area contributed by atoms with E-state index in [1.54, 1.807) is 0 Å². The first-order valence-corrected chi connectivity index (χ1v) is 6.24. The molecule has 1 amide bonds. The molecule has 0 saturated carbocycles. The Morgan fingerprint density at radius 2 is 2.00 bits per heavy atom. The van der Waals surface area contributed by atoms with E-state index in [1.807, 2.05) is 11.0 Å². The predicted octanol–water partition coefficient (Wildman–Crippen LogP) is -0.760. The third-order valence-electron chi connectivity index (χ3n) is 3.15. The molecular formula is C12H24N4O. The van der Waals surface area contributed by atoms with Crippen LogP contribution in [0.2, 0.25) is 0 Å². The summed E-state index contributed by atoms with van der Waals surface area (Å²) in [6.45, 7) is 9.10. The Bertz CT molecular complexity index is 251. The van der Waals surface area contributed by atoms with Crippen LogP contribution < -0.4 is 11.5 Å². The third-order valence-corrected chi connectivity index (χ3v) is 3.15. The van der Waals surface area contributed by atoms with Crippen LogP contribution in [0.25, 0.3) is 0 Å². The lowest BCUT2D eigenvalue weighted by Gasteiger charge is -2.24. The average Bonchev–Trinajstić information content (AvgIpc) is 2.68. The molecule has 1 atom stereocenters. The number of hydrogen-bond donors (Lipinski definition) is 2. The van der Waals surface area contributed by atoms with Crippen LogP contribution in [0.3, 0.4) is 0 Å². The van der Waals surface area contributed by atoms with Gasteiger partial charge in [-0.1, -0.05) is 6.08 Å². The number of likely N-dealkylation sites (tertiary alicyclic amines) is 1. The predicted molar refractivity (Wildman–Crippen MR) is 69.4 cm³/mol. The maximum Gasteiger partial charge on any atom is 0.223 e. The molecule has 0 aromatic rings. The summed E-state index contributed by atoms with van der Waals surface area (Å²) in [5, 5.41) is 0. The van der Waals surface area contributed by atoms with Gasteiger partial charge in [-0.2, -0.15) is 0 Å². The molecule has 0 aliphatic carbocycles. The van der Waals surface area contributed by atoms with Gasteiger partial charge in [0.15, 0.2) is 0 Å². The standard InChI is InChI=1S/C12H24N4O/c1-2-11-9-12(17)16(10-11)8-7-15(5-3-13)6-4-14/h2,11H,1,3-10,13-14H2. The fourth-order valence-electron chi connectivity index (χ4n) is 2.14. The van der Waals surface area contributed by atoms with E-state index >= 15 is 0 Å². The monoisotopic (exact) mass is 240 g/mol. The van der Waals surface area contributed by atoms with Crippen LogP contribution in [-0.2, 0) is 4.79 Å². The zero-order chi connectivity index (χ0) is 12.7. The molecule has 17 heavy (non-hydrogen) atoms. The molecule has 1 aliphatic rings. The van der Waals surface area contributed by atoms with E-state index in [0.29, 0.717) is 25.4 Å². The average molecular weight is 240 g/mol. The molecule has 0 spiro atoms. The second-order valence-corrected chi connectivity index (χ2v) is 4.46. The number of nitrogens with zero attached hydrogens (tertiary/aromatic N) is 2. The smallest absolute Gasteiger partial charge is 0.223 e. The van der Waals surface area contributed by atoms with Crippen LogP contribution in [0.1, 0.15) is 6.42 Å². The normalized spacial score (nSPS) is 20.3.